The van der Waals surface area contributed by atoms with Crippen LogP contribution >= 0.6 is 11.6 Å². The molecule has 0 radical (unpaired) electrons. The number of rotatable bonds is 4. The summed E-state index contributed by atoms with van der Waals surface area (Å²) in [6, 6.07) is 22.8. The Morgan fingerprint density at radius 1 is 1.06 bits per heavy atom. The smallest absolute Gasteiger partial charge is 0.255 e. The lowest BCUT2D eigenvalue weighted by Gasteiger charge is -2.28. The lowest BCUT2D eigenvalue weighted by molar-refractivity contribution is -0.113. The summed E-state index contributed by atoms with van der Waals surface area (Å²) in [6.45, 7) is 1.82. The Morgan fingerprint density at radius 3 is 2.58 bits per heavy atom. The summed E-state index contributed by atoms with van der Waals surface area (Å²) >= 11 is 6.38. The summed E-state index contributed by atoms with van der Waals surface area (Å²) in [4.78, 5) is 18.1. The van der Waals surface area contributed by atoms with Crippen molar-refractivity contribution in [1.29, 1.82) is 0 Å². The average molecular weight is 458 g/mol. The highest BCUT2D eigenvalue weighted by molar-refractivity contribution is 6.33. The van der Waals surface area contributed by atoms with Crippen molar-refractivity contribution < 1.29 is 9.90 Å². The number of para-hydroxylation sites is 1. The van der Waals surface area contributed by atoms with Crippen LogP contribution in [0, 0.1) is 0 Å². The summed E-state index contributed by atoms with van der Waals surface area (Å²) in [5.41, 5.74) is 3.17. The first-order valence-electron chi connectivity index (χ1n) is 10.4. The van der Waals surface area contributed by atoms with Crippen molar-refractivity contribution in [3.05, 3.63) is 101 Å². The minimum Gasteiger partial charge on any atom is -0.508 e. The Bertz CT molecular complexity index is 1380. The predicted molar refractivity (Wildman–Crippen MR) is 128 cm³/mol. The van der Waals surface area contributed by atoms with Gasteiger partial charge in [0, 0.05) is 16.9 Å². The molecular weight excluding hydrogens is 438 g/mol. The number of phenols is 1. The molecule has 0 unspecified atom stereocenters. The molecule has 3 N–H and O–H groups in total. The van der Waals surface area contributed by atoms with Gasteiger partial charge in [0.05, 0.1) is 10.6 Å². The Kier molecular flexibility index (Phi) is 5.32. The van der Waals surface area contributed by atoms with Crippen LogP contribution in [0.25, 0.3) is 11.4 Å². The van der Waals surface area contributed by atoms with Crippen molar-refractivity contribution in [2.45, 2.75) is 13.0 Å². The number of nitrogens with one attached hydrogen (secondary N) is 2. The second kappa shape index (κ2) is 8.44. The normalized spacial score (nSPS) is 15.0. The fourth-order valence-corrected chi connectivity index (χ4v) is 4.14. The van der Waals surface area contributed by atoms with Gasteiger partial charge in [0.25, 0.3) is 5.91 Å². The van der Waals surface area contributed by atoms with Crippen molar-refractivity contribution in [1.82, 2.24) is 14.8 Å². The van der Waals surface area contributed by atoms with Gasteiger partial charge in [-0.3, -0.25) is 4.79 Å². The minimum absolute atomic E-state index is 0.0968. The molecule has 33 heavy (non-hydrogen) atoms. The number of anilines is 2. The van der Waals surface area contributed by atoms with E-state index < -0.39 is 6.04 Å². The maximum absolute atomic E-state index is 13.4. The molecule has 1 aliphatic rings. The van der Waals surface area contributed by atoms with Gasteiger partial charge >= 0.3 is 0 Å². The lowest BCUT2D eigenvalue weighted by Crippen LogP contribution is -2.31. The molecule has 0 fully saturated rings. The molecule has 4 aromatic rings. The number of halogens is 1. The van der Waals surface area contributed by atoms with Crippen molar-refractivity contribution in [2.24, 2.45) is 0 Å². The molecule has 1 amide bonds. The standard InChI is InChI=1S/C25H20ClN5O2/c1-15-21(24(33)28-17-9-3-2-4-10-17)22(16-8-7-11-18(32)14-16)31-25(27-15)29-23(30-31)19-12-5-6-13-20(19)26/h2-14,22,32H,1H3,(H,28,33)(H,27,29,30)/t22-/m0/s1. The van der Waals surface area contributed by atoms with E-state index in [9.17, 15) is 9.90 Å². The van der Waals surface area contributed by atoms with Crippen LogP contribution in [-0.4, -0.2) is 25.8 Å². The fraction of sp³-hybridized carbons (Fsp3) is 0.0800. The molecule has 1 aromatic heterocycles. The largest absolute Gasteiger partial charge is 0.508 e. The second-order valence-corrected chi connectivity index (χ2v) is 8.07. The molecule has 1 atom stereocenters. The maximum atomic E-state index is 13.4. The van der Waals surface area contributed by atoms with E-state index in [1.165, 1.54) is 0 Å². The number of aromatic nitrogens is 3. The highest BCUT2D eigenvalue weighted by atomic mass is 35.5. The van der Waals surface area contributed by atoms with Gasteiger partial charge in [0.2, 0.25) is 5.95 Å². The summed E-state index contributed by atoms with van der Waals surface area (Å²) in [5.74, 6) is 0.734. The molecule has 0 spiro atoms. The van der Waals surface area contributed by atoms with Gasteiger partial charge in [-0.25, -0.2) is 4.68 Å². The van der Waals surface area contributed by atoms with Gasteiger partial charge in [0.1, 0.15) is 11.8 Å². The summed E-state index contributed by atoms with van der Waals surface area (Å²) < 4.78 is 1.65. The van der Waals surface area contributed by atoms with E-state index in [1.807, 2.05) is 61.5 Å². The van der Waals surface area contributed by atoms with Crippen molar-refractivity contribution >= 4 is 29.1 Å². The molecule has 5 rings (SSSR count). The first-order valence-corrected chi connectivity index (χ1v) is 10.7. The first-order chi connectivity index (χ1) is 16.0. The van der Waals surface area contributed by atoms with Crippen LogP contribution in [-0.2, 0) is 4.79 Å². The van der Waals surface area contributed by atoms with E-state index in [0.29, 0.717) is 44.9 Å². The first kappa shape index (κ1) is 20.8. The molecule has 1 aliphatic heterocycles. The van der Waals surface area contributed by atoms with E-state index in [0.717, 1.165) is 0 Å². The average Bonchev–Trinajstić information content (AvgIpc) is 3.22. The number of amides is 1. The third-order valence-electron chi connectivity index (χ3n) is 5.43. The highest BCUT2D eigenvalue weighted by Crippen LogP contribution is 2.38. The number of carbonyl (C=O) groups is 1. The van der Waals surface area contributed by atoms with Crippen molar-refractivity contribution in [2.75, 3.05) is 10.6 Å². The van der Waals surface area contributed by atoms with Gasteiger partial charge in [-0.2, -0.15) is 4.98 Å². The number of fused-ring (bicyclic) bond motifs is 1. The second-order valence-electron chi connectivity index (χ2n) is 7.66. The molecule has 0 aliphatic carbocycles. The van der Waals surface area contributed by atoms with E-state index in [2.05, 4.69) is 15.6 Å². The molecule has 164 valence electrons. The fourth-order valence-electron chi connectivity index (χ4n) is 3.92. The third kappa shape index (κ3) is 3.94. The quantitative estimate of drug-likeness (QED) is 0.390. The number of phenolic OH excluding ortho intramolecular Hbond substituents is 1. The number of benzene rings is 3. The van der Waals surface area contributed by atoms with Gasteiger partial charge in [-0.15, -0.1) is 5.10 Å². The zero-order valence-corrected chi connectivity index (χ0v) is 18.4. The van der Waals surface area contributed by atoms with Gasteiger partial charge in [0.15, 0.2) is 5.82 Å². The van der Waals surface area contributed by atoms with Gasteiger partial charge < -0.3 is 15.7 Å². The SMILES string of the molecule is CC1=C(C(=O)Nc2ccccc2)[C@H](c2cccc(O)c2)n2nc(-c3ccccc3Cl)nc2N1. The van der Waals surface area contributed by atoms with Crippen LogP contribution in [0.1, 0.15) is 18.5 Å². The predicted octanol–water partition coefficient (Wildman–Crippen LogP) is 5.23. The molecule has 3 aromatic carbocycles. The molecule has 7 nitrogen and oxygen atoms in total. The lowest BCUT2D eigenvalue weighted by atomic mass is 9.95. The van der Waals surface area contributed by atoms with E-state index in [-0.39, 0.29) is 11.7 Å². The summed E-state index contributed by atoms with van der Waals surface area (Å²) in [7, 11) is 0. The number of nitrogens with zero attached hydrogens (tertiary/aromatic N) is 3. The Labute approximate surface area is 195 Å². The summed E-state index contributed by atoms with van der Waals surface area (Å²) in [5, 5.41) is 21.5. The number of allylic oxidation sites excluding steroid dienone is 1. The van der Waals surface area contributed by atoms with Crippen molar-refractivity contribution in [3.63, 3.8) is 0 Å². The number of carbonyl (C=O) groups excluding carboxylic acids is 1. The number of hydrogen-bond donors (Lipinski definition) is 3. The Morgan fingerprint density at radius 2 is 1.82 bits per heavy atom. The molecule has 2 heterocycles. The monoisotopic (exact) mass is 457 g/mol. The zero-order valence-electron chi connectivity index (χ0n) is 17.7. The van der Waals surface area contributed by atoms with Crippen LogP contribution in [0.4, 0.5) is 11.6 Å². The number of aromatic hydroxyl groups is 1. The molecular formula is C25H20ClN5O2. The minimum atomic E-state index is -0.610. The molecule has 0 saturated heterocycles. The highest BCUT2D eigenvalue weighted by Gasteiger charge is 2.34. The van der Waals surface area contributed by atoms with Crippen LogP contribution in [0.2, 0.25) is 5.02 Å². The molecule has 8 heteroatoms. The van der Waals surface area contributed by atoms with Crippen LogP contribution < -0.4 is 10.6 Å². The van der Waals surface area contributed by atoms with Crippen LogP contribution in [0.15, 0.2) is 90.1 Å². The Balaban J connectivity index is 1.63. The third-order valence-corrected chi connectivity index (χ3v) is 5.76. The van der Waals surface area contributed by atoms with Gasteiger partial charge in [-0.1, -0.05) is 54.1 Å². The number of hydrogen-bond acceptors (Lipinski definition) is 5. The van der Waals surface area contributed by atoms with E-state index in [1.54, 1.807) is 28.9 Å². The topological polar surface area (TPSA) is 92.1 Å². The molecule has 0 saturated carbocycles. The van der Waals surface area contributed by atoms with Crippen LogP contribution in [0.3, 0.4) is 0 Å². The maximum Gasteiger partial charge on any atom is 0.255 e. The van der Waals surface area contributed by atoms with Crippen LogP contribution in [0.5, 0.6) is 5.75 Å². The summed E-state index contributed by atoms with van der Waals surface area (Å²) in [6.07, 6.45) is 0. The Hall–Kier alpha value is -4.10. The molecule has 0 bridgehead atoms. The van der Waals surface area contributed by atoms with Gasteiger partial charge in [-0.05, 0) is 48.9 Å². The van der Waals surface area contributed by atoms with E-state index in [4.69, 9.17) is 16.7 Å². The zero-order chi connectivity index (χ0) is 22.9. The van der Waals surface area contributed by atoms with Crippen molar-refractivity contribution in [3.8, 4) is 17.1 Å². The van der Waals surface area contributed by atoms with E-state index >= 15 is 0 Å².